The van der Waals surface area contributed by atoms with E-state index in [4.69, 9.17) is 4.74 Å². The van der Waals surface area contributed by atoms with Gasteiger partial charge in [0.25, 0.3) is 0 Å². The number of hydrogen-bond donors (Lipinski definition) is 2. The van der Waals surface area contributed by atoms with Gasteiger partial charge in [0.15, 0.2) is 12.6 Å². The average Bonchev–Trinajstić information content (AvgIpc) is 3.01. The van der Waals surface area contributed by atoms with Gasteiger partial charge in [-0.25, -0.2) is 0 Å². The van der Waals surface area contributed by atoms with E-state index in [1.165, 1.54) is 0 Å². The molecule has 2 N–H and O–H groups in total. The normalized spacial score (nSPS) is 11.8. The van der Waals surface area contributed by atoms with Crippen molar-refractivity contribution in [3.8, 4) is 5.75 Å². The Balaban J connectivity index is 0.00000480. The zero-order valence-electron chi connectivity index (χ0n) is 18.6. The number of rotatable bonds is 8. The monoisotopic (exact) mass is 553 g/mol. The number of ether oxygens (including phenoxy) is 1. The molecule has 0 atom stereocenters. The number of aromatic nitrogens is 2. The van der Waals surface area contributed by atoms with E-state index in [9.17, 15) is 13.2 Å². The maximum absolute atomic E-state index is 12.6. The molecule has 0 saturated heterocycles. The summed E-state index contributed by atoms with van der Waals surface area (Å²) in [6.45, 7) is 5.48. The molecule has 6 nitrogen and oxygen atoms in total. The Labute approximate surface area is 198 Å². The smallest absolute Gasteiger partial charge is 0.422 e. The molecule has 2 aromatic rings. The van der Waals surface area contributed by atoms with Crippen LogP contribution in [-0.4, -0.2) is 35.6 Å². The molecule has 0 aliphatic heterocycles. The third kappa shape index (κ3) is 7.89. The molecule has 0 fully saturated rings. The Kier molecular flexibility index (Phi) is 10.6. The third-order valence-electron chi connectivity index (χ3n) is 4.74. The van der Waals surface area contributed by atoms with Crippen molar-refractivity contribution in [2.24, 2.45) is 12.0 Å². The maximum Gasteiger partial charge on any atom is 0.422 e. The van der Waals surface area contributed by atoms with Gasteiger partial charge in [-0.3, -0.25) is 9.67 Å². The number of aliphatic imine (C=N–C) groups is 1. The third-order valence-corrected chi connectivity index (χ3v) is 4.74. The molecule has 1 heterocycles. The summed E-state index contributed by atoms with van der Waals surface area (Å²) in [5.41, 5.74) is 4.80. The average molecular weight is 553 g/mol. The maximum atomic E-state index is 12.6. The SMILES string of the molecule is CCc1nn(C)c(CC)c1CNC(=NC)NCc1ccc(C)cc1OCC(F)(F)F.I. The highest BCUT2D eigenvalue weighted by molar-refractivity contribution is 14.0. The Morgan fingerprint density at radius 1 is 1.16 bits per heavy atom. The molecule has 0 amide bonds. The van der Waals surface area contributed by atoms with E-state index in [1.54, 1.807) is 19.2 Å². The summed E-state index contributed by atoms with van der Waals surface area (Å²) in [4.78, 5) is 4.21. The van der Waals surface area contributed by atoms with E-state index in [1.807, 2.05) is 24.7 Å². The summed E-state index contributed by atoms with van der Waals surface area (Å²) < 4.78 is 44.6. The second-order valence-electron chi connectivity index (χ2n) is 7.00. The zero-order chi connectivity index (χ0) is 22.3. The molecule has 174 valence electrons. The number of hydrogen-bond acceptors (Lipinski definition) is 3. The fraction of sp³-hybridized carbons (Fsp3) is 0.524. The molecule has 0 radical (unpaired) electrons. The summed E-state index contributed by atoms with van der Waals surface area (Å²) in [6, 6.07) is 5.20. The highest BCUT2D eigenvalue weighted by Gasteiger charge is 2.28. The highest BCUT2D eigenvalue weighted by Crippen LogP contribution is 2.23. The van der Waals surface area contributed by atoms with Crippen LogP contribution < -0.4 is 15.4 Å². The van der Waals surface area contributed by atoms with Gasteiger partial charge in [0.05, 0.1) is 5.69 Å². The molecule has 0 aliphatic rings. The minimum absolute atomic E-state index is 0. The first-order valence-corrected chi connectivity index (χ1v) is 9.95. The van der Waals surface area contributed by atoms with Gasteiger partial charge in [-0.1, -0.05) is 26.0 Å². The van der Waals surface area contributed by atoms with Crippen LogP contribution in [0.3, 0.4) is 0 Å². The minimum atomic E-state index is -4.39. The lowest BCUT2D eigenvalue weighted by Gasteiger charge is -2.16. The molecule has 0 saturated carbocycles. The Hall–Kier alpha value is -1.98. The number of aryl methyl sites for hydroxylation is 3. The van der Waals surface area contributed by atoms with Crippen LogP contribution in [0.15, 0.2) is 23.2 Å². The van der Waals surface area contributed by atoms with Gasteiger partial charge in [-0.05, 0) is 31.4 Å². The molecule has 1 aromatic heterocycles. The quantitative estimate of drug-likeness (QED) is 0.291. The van der Waals surface area contributed by atoms with Crippen molar-refractivity contribution >= 4 is 29.9 Å². The van der Waals surface area contributed by atoms with Crippen molar-refractivity contribution in [2.45, 2.75) is 52.9 Å². The Morgan fingerprint density at radius 2 is 1.84 bits per heavy atom. The van der Waals surface area contributed by atoms with Gasteiger partial charge in [-0.15, -0.1) is 24.0 Å². The lowest BCUT2D eigenvalue weighted by Crippen LogP contribution is -2.36. The van der Waals surface area contributed by atoms with Gasteiger partial charge in [0.2, 0.25) is 0 Å². The molecule has 0 aliphatic carbocycles. The van der Waals surface area contributed by atoms with Crippen LogP contribution in [0, 0.1) is 6.92 Å². The second-order valence-corrected chi connectivity index (χ2v) is 7.00. The minimum Gasteiger partial charge on any atom is -0.484 e. The number of nitrogens with zero attached hydrogens (tertiary/aromatic N) is 3. The van der Waals surface area contributed by atoms with Crippen molar-refractivity contribution in [1.82, 2.24) is 20.4 Å². The topological polar surface area (TPSA) is 63.5 Å². The zero-order valence-corrected chi connectivity index (χ0v) is 20.9. The summed E-state index contributed by atoms with van der Waals surface area (Å²) in [7, 11) is 3.59. The standard InChI is InChI=1S/C21H30F3N5O.HI/c1-6-17-16(18(7-2)29(5)28-17)12-27-20(25-4)26-11-15-9-8-14(3)10-19(15)30-13-21(22,23)24;/h8-10H,6-7,11-13H2,1-5H3,(H2,25,26,27);1H. The van der Waals surface area contributed by atoms with Crippen molar-refractivity contribution in [3.05, 3.63) is 46.3 Å². The predicted molar refractivity (Wildman–Crippen MR) is 127 cm³/mol. The van der Waals surface area contributed by atoms with Gasteiger partial charge in [-0.2, -0.15) is 18.3 Å². The molecule has 1 aromatic carbocycles. The van der Waals surface area contributed by atoms with Crippen LogP contribution in [0.25, 0.3) is 0 Å². The predicted octanol–water partition coefficient (Wildman–Crippen LogP) is 4.28. The van der Waals surface area contributed by atoms with Crippen LogP contribution in [0.5, 0.6) is 5.75 Å². The Bertz CT molecular complexity index is 881. The van der Waals surface area contributed by atoms with E-state index in [-0.39, 0.29) is 36.3 Å². The van der Waals surface area contributed by atoms with E-state index in [0.29, 0.717) is 18.1 Å². The van der Waals surface area contributed by atoms with Gasteiger partial charge >= 0.3 is 6.18 Å². The number of alkyl halides is 3. The molecule has 2 rings (SSSR count). The number of benzene rings is 1. The molecule has 10 heteroatoms. The van der Waals surface area contributed by atoms with Gasteiger partial charge in [0.1, 0.15) is 5.75 Å². The van der Waals surface area contributed by atoms with Crippen LogP contribution in [-0.2, 0) is 33.0 Å². The van der Waals surface area contributed by atoms with Crippen molar-refractivity contribution in [2.75, 3.05) is 13.7 Å². The summed E-state index contributed by atoms with van der Waals surface area (Å²) >= 11 is 0. The number of guanidine groups is 1. The van der Waals surface area contributed by atoms with E-state index >= 15 is 0 Å². The van der Waals surface area contributed by atoms with Crippen LogP contribution in [0.2, 0.25) is 0 Å². The fourth-order valence-corrected chi connectivity index (χ4v) is 3.27. The van der Waals surface area contributed by atoms with E-state index < -0.39 is 12.8 Å². The molecule has 0 bridgehead atoms. The van der Waals surface area contributed by atoms with Crippen molar-refractivity contribution in [3.63, 3.8) is 0 Å². The second kappa shape index (κ2) is 12.2. The first kappa shape index (κ1) is 27.1. The summed E-state index contributed by atoms with van der Waals surface area (Å²) in [5, 5.41) is 11.0. The first-order chi connectivity index (χ1) is 14.2. The van der Waals surface area contributed by atoms with Crippen LogP contribution >= 0.6 is 24.0 Å². The molecule has 31 heavy (non-hydrogen) atoms. The fourth-order valence-electron chi connectivity index (χ4n) is 3.27. The van der Waals surface area contributed by atoms with Crippen LogP contribution in [0.4, 0.5) is 13.2 Å². The summed E-state index contributed by atoms with van der Waals surface area (Å²) in [5.74, 6) is 0.759. The molecular weight excluding hydrogens is 522 g/mol. The summed E-state index contributed by atoms with van der Waals surface area (Å²) in [6.07, 6.45) is -2.68. The lowest BCUT2D eigenvalue weighted by atomic mass is 10.1. The molecule has 0 spiro atoms. The van der Waals surface area contributed by atoms with Crippen molar-refractivity contribution in [1.29, 1.82) is 0 Å². The van der Waals surface area contributed by atoms with E-state index in [2.05, 4.69) is 34.6 Å². The lowest BCUT2D eigenvalue weighted by molar-refractivity contribution is -0.153. The highest BCUT2D eigenvalue weighted by atomic mass is 127. The number of halogens is 4. The van der Waals surface area contributed by atoms with Crippen molar-refractivity contribution < 1.29 is 17.9 Å². The first-order valence-electron chi connectivity index (χ1n) is 9.95. The van der Waals surface area contributed by atoms with Crippen LogP contribution in [0.1, 0.15) is 41.9 Å². The van der Waals surface area contributed by atoms with E-state index in [0.717, 1.165) is 35.4 Å². The molecular formula is C21H31F3IN5O. The largest absolute Gasteiger partial charge is 0.484 e. The Morgan fingerprint density at radius 3 is 2.42 bits per heavy atom. The number of nitrogens with one attached hydrogen (secondary N) is 2. The van der Waals surface area contributed by atoms with Gasteiger partial charge < -0.3 is 15.4 Å². The van der Waals surface area contributed by atoms with Gasteiger partial charge in [0, 0.05) is 44.0 Å². The molecule has 0 unspecified atom stereocenters.